The Hall–Kier alpha value is -4.04. The lowest BCUT2D eigenvalue weighted by Crippen LogP contribution is -2.66. The van der Waals surface area contributed by atoms with Crippen molar-refractivity contribution in [2.75, 3.05) is 6.61 Å². The van der Waals surface area contributed by atoms with Crippen LogP contribution < -0.4 is 20.4 Å². The molecule has 3 heterocycles. The van der Waals surface area contributed by atoms with Crippen LogP contribution in [0.5, 0.6) is 23.0 Å². The molecule has 0 radical (unpaired) electrons. The maximum atomic E-state index is 12.0. The number of carbonyl (C=O) groups is 1. The van der Waals surface area contributed by atoms with Gasteiger partial charge in [-0.15, -0.1) is 0 Å². The van der Waals surface area contributed by atoms with Gasteiger partial charge in [-0.05, 0) is 12.1 Å². The molecule has 1 aliphatic carbocycles. The SMILES string of the molecule is O=C([O-])[C@H]1O[C@@H](O[C@H]2[C@H](Oc3cc4c(O)cc(=O)cc-4oc3-c3ccc([O-])c(O)c3)O[C@H](CO)[C@@H](O)[C@@H]2O)[C@H](O)[C@@H](O)[C@@H]1O. The Morgan fingerprint density at radius 3 is 2.25 bits per heavy atom. The average Bonchev–Trinajstić information content (AvgIpc) is 2.97. The van der Waals surface area contributed by atoms with E-state index in [1.807, 2.05) is 0 Å². The van der Waals surface area contributed by atoms with Crippen molar-refractivity contribution in [1.82, 2.24) is 0 Å². The minimum atomic E-state index is -2.19. The van der Waals surface area contributed by atoms with Crippen LogP contribution in [0, 0.1) is 0 Å². The number of aliphatic hydroxyl groups excluding tert-OH is 6. The van der Waals surface area contributed by atoms with Crippen molar-refractivity contribution < 1.29 is 79.2 Å². The van der Waals surface area contributed by atoms with Gasteiger partial charge in [-0.25, -0.2) is 0 Å². The zero-order valence-electron chi connectivity index (χ0n) is 22.2. The molecule has 10 atom stereocenters. The quantitative estimate of drug-likeness (QED) is 0.123. The van der Waals surface area contributed by atoms with E-state index in [9.17, 15) is 60.7 Å². The summed E-state index contributed by atoms with van der Waals surface area (Å²) in [5, 5.41) is 105. The summed E-state index contributed by atoms with van der Waals surface area (Å²) in [7, 11) is 0. The molecule has 8 N–H and O–H groups in total. The summed E-state index contributed by atoms with van der Waals surface area (Å²) < 4.78 is 27.9. The van der Waals surface area contributed by atoms with E-state index in [2.05, 4.69) is 0 Å². The maximum absolute atomic E-state index is 12.0. The smallest absolute Gasteiger partial charge is 0.229 e. The van der Waals surface area contributed by atoms with E-state index in [0.29, 0.717) is 0 Å². The molecule has 0 amide bonds. The number of phenols is 2. The first-order valence-electron chi connectivity index (χ1n) is 13.0. The lowest BCUT2D eigenvalue weighted by Gasteiger charge is -2.46. The Balaban J connectivity index is 1.58. The number of phenolic OH excluding ortho intramolecular Hbond substituents is 2. The summed E-state index contributed by atoms with van der Waals surface area (Å²) >= 11 is 0. The second-order valence-corrected chi connectivity index (χ2v) is 10.1. The van der Waals surface area contributed by atoms with Crippen LogP contribution in [0.3, 0.4) is 0 Å². The number of hydrogen-bond donors (Lipinski definition) is 8. The summed E-state index contributed by atoms with van der Waals surface area (Å²) in [5.41, 5.74) is -0.681. The predicted octanol–water partition coefficient (Wildman–Crippen LogP) is -4.34. The number of carbonyl (C=O) groups excluding carboxylic acids is 1. The molecule has 5 rings (SSSR count). The van der Waals surface area contributed by atoms with E-state index < -0.39 is 96.7 Å². The Bertz CT molecular complexity index is 1540. The van der Waals surface area contributed by atoms with Crippen molar-refractivity contribution in [3.05, 3.63) is 46.6 Å². The van der Waals surface area contributed by atoms with E-state index in [1.54, 1.807) is 0 Å². The highest BCUT2D eigenvalue weighted by Gasteiger charge is 2.52. The molecule has 2 saturated heterocycles. The largest absolute Gasteiger partial charge is 0.870 e. The predicted molar refractivity (Wildman–Crippen MR) is 135 cm³/mol. The molecule has 238 valence electrons. The Kier molecular flexibility index (Phi) is 8.67. The van der Waals surface area contributed by atoms with E-state index in [-0.39, 0.29) is 28.4 Å². The van der Waals surface area contributed by atoms with Gasteiger partial charge in [0.1, 0.15) is 60.0 Å². The fraction of sp³-hybridized carbons (Fsp3) is 0.407. The molecule has 0 unspecified atom stereocenters. The molecule has 17 heteroatoms. The second-order valence-electron chi connectivity index (χ2n) is 10.1. The van der Waals surface area contributed by atoms with Gasteiger partial charge < -0.3 is 79.2 Å². The number of ether oxygens (including phenoxy) is 4. The molecule has 0 saturated carbocycles. The fourth-order valence-electron chi connectivity index (χ4n) is 4.85. The number of hydrogen-bond acceptors (Lipinski definition) is 17. The highest BCUT2D eigenvalue weighted by atomic mass is 16.8. The first-order valence-corrected chi connectivity index (χ1v) is 13.0. The maximum Gasteiger partial charge on any atom is 0.229 e. The molecule has 0 spiro atoms. The third-order valence-electron chi connectivity index (χ3n) is 7.19. The van der Waals surface area contributed by atoms with Gasteiger partial charge in [0.25, 0.3) is 0 Å². The summed E-state index contributed by atoms with van der Waals surface area (Å²) in [6, 6.07) is 6.30. The first-order chi connectivity index (χ1) is 20.8. The van der Waals surface area contributed by atoms with Crippen LogP contribution in [0.1, 0.15) is 0 Å². The van der Waals surface area contributed by atoms with Gasteiger partial charge in [0.2, 0.25) is 6.29 Å². The number of aromatic hydroxyl groups is 2. The Labute approximate surface area is 245 Å². The third kappa shape index (κ3) is 5.75. The topological polar surface area (TPSA) is 292 Å². The van der Waals surface area contributed by atoms with Gasteiger partial charge in [-0.2, -0.15) is 0 Å². The zero-order valence-corrected chi connectivity index (χ0v) is 22.2. The van der Waals surface area contributed by atoms with Crippen LogP contribution in [0.2, 0.25) is 0 Å². The summed E-state index contributed by atoms with van der Waals surface area (Å²) in [5.74, 6) is -4.68. The minimum absolute atomic E-state index is 0.0160. The van der Waals surface area contributed by atoms with E-state index in [1.165, 1.54) is 6.07 Å². The summed E-state index contributed by atoms with van der Waals surface area (Å²) in [4.78, 5) is 23.4. The van der Waals surface area contributed by atoms with Crippen LogP contribution in [-0.2, 0) is 19.0 Å². The number of aliphatic carboxylic acids is 1. The molecule has 3 aliphatic heterocycles. The van der Waals surface area contributed by atoms with Crippen LogP contribution in [0.4, 0.5) is 0 Å². The minimum Gasteiger partial charge on any atom is -0.870 e. The third-order valence-corrected chi connectivity index (χ3v) is 7.19. The lowest BCUT2D eigenvalue weighted by atomic mass is 9.97. The number of rotatable bonds is 7. The summed E-state index contributed by atoms with van der Waals surface area (Å²) in [6.07, 6.45) is -19.7. The fourth-order valence-corrected chi connectivity index (χ4v) is 4.85. The molecule has 4 aliphatic rings. The molecular formula is C27H26O17-2. The van der Waals surface area contributed by atoms with E-state index in [4.69, 9.17) is 23.4 Å². The first kappa shape index (κ1) is 31.4. The monoisotopic (exact) mass is 622 g/mol. The molecule has 2 fully saturated rings. The van der Waals surface area contributed by atoms with Crippen molar-refractivity contribution >= 4 is 5.97 Å². The molecule has 17 nitrogen and oxygen atoms in total. The Morgan fingerprint density at radius 1 is 0.864 bits per heavy atom. The van der Waals surface area contributed by atoms with Crippen molar-refractivity contribution in [3.63, 3.8) is 0 Å². The van der Waals surface area contributed by atoms with Crippen molar-refractivity contribution in [2.45, 2.75) is 61.4 Å². The van der Waals surface area contributed by atoms with Gasteiger partial charge in [0.05, 0.1) is 18.1 Å². The number of benzene rings is 2. The van der Waals surface area contributed by atoms with Crippen LogP contribution in [-0.4, -0.2) is 115 Å². The van der Waals surface area contributed by atoms with Crippen LogP contribution in [0.25, 0.3) is 22.6 Å². The highest BCUT2D eigenvalue weighted by Crippen LogP contribution is 2.43. The normalized spacial score (nSPS) is 32.4. The van der Waals surface area contributed by atoms with Gasteiger partial charge in [-0.1, -0.05) is 17.9 Å². The number of carboxylic acids is 1. The van der Waals surface area contributed by atoms with Crippen molar-refractivity contribution in [3.8, 4) is 45.6 Å². The Morgan fingerprint density at radius 2 is 1.59 bits per heavy atom. The van der Waals surface area contributed by atoms with Gasteiger partial charge in [0.15, 0.2) is 29.3 Å². The van der Waals surface area contributed by atoms with Gasteiger partial charge >= 0.3 is 0 Å². The molecule has 0 aromatic heterocycles. The highest BCUT2D eigenvalue weighted by molar-refractivity contribution is 5.76. The van der Waals surface area contributed by atoms with Crippen molar-refractivity contribution in [2.24, 2.45) is 0 Å². The summed E-state index contributed by atoms with van der Waals surface area (Å²) in [6.45, 7) is -0.855. The standard InChI is InChI=1S/C27H28O17/c28-7-16-17(33)19(35)24(44-26-21(37)18(34)20(36)23(43-26)25(38)39)27(42-16)41-15-6-10-12(31)4-9(29)5-14(10)40-22(15)8-1-2-11(30)13(32)3-8/h1-6,16-21,23-24,26-28,30-37H,7H2,(H,38,39)/p-2/t16-,17-,18+,19+,20+,21-,23+,24-,26+,27-/m1/s1. The molecule has 1 aromatic rings. The number of fused-ring (bicyclic) bond motifs is 1. The molecule has 44 heavy (non-hydrogen) atoms. The van der Waals surface area contributed by atoms with E-state index >= 15 is 0 Å². The number of aliphatic hydroxyl groups is 6. The van der Waals surface area contributed by atoms with Crippen LogP contribution >= 0.6 is 0 Å². The second kappa shape index (κ2) is 12.2. The van der Waals surface area contributed by atoms with Crippen LogP contribution in [0.15, 0.2) is 45.6 Å². The van der Waals surface area contributed by atoms with Crippen molar-refractivity contribution in [1.29, 1.82) is 0 Å². The average molecular weight is 622 g/mol. The van der Waals surface area contributed by atoms with E-state index in [0.717, 1.165) is 30.3 Å². The zero-order chi connectivity index (χ0) is 32.0. The molecule has 0 bridgehead atoms. The van der Waals surface area contributed by atoms with Gasteiger partial charge in [0, 0.05) is 17.7 Å². The lowest BCUT2D eigenvalue weighted by molar-refractivity contribution is -0.372. The molecular weight excluding hydrogens is 596 g/mol. The number of carboxylic acid groups (broad SMARTS) is 1. The molecule has 1 aromatic carbocycles. The van der Waals surface area contributed by atoms with Gasteiger partial charge in [-0.3, -0.25) is 4.79 Å².